The van der Waals surface area contributed by atoms with Crippen molar-refractivity contribution in [1.29, 1.82) is 0 Å². The van der Waals surface area contributed by atoms with Crippen LogP contribution in [0.2, 0.25) is 0 Å². The van der Waals surface area contributed by atoms with Crippen molar-refractivity contribution in [2.75, 3.05) is 0 Å². The molecule has 1 aromatic carbocycles. The lowest BCUT2D eigenvalue weighted by Gasteiger charge is -1.99. The molecule has 1 aromatic heterocycles. The molecule has 0 aliphatic carbocycles. The van der Waals surface area contributed by atoms with Crippen LogP contribution < -0.4 is 0 Å². The number of carbonyl (C=O) groups excluding carboxylic acids is 1. The molecule has 0 aliphatic rings. The number of halogens is 2. The summed E-state index contributed by atoms with van der Waals surface area (Å²) in [5.74, 6) is -0.531. The monoisotopic (exact) mass is 298 g/mol. The summed E-state index contributed by atoms with van der Waals surface area (Å²) in [6.45, 7) is 1.88. The largest absolute Gasteiger partial charge is 0.289 e. The van der Waals surface area contributed by atoms with Gasteiger partial charge in [-0.05, 0) is 41.1 Å². The van der Waals surface area contributed by atoms with Gasteiger partial charge in [-0.15, -0.1) is 11.3 Å². The molecule has 4 heteroatoms. The first kappa shape index (κ1) is 11.5. The van der Waals surface area contributed by atoms with Crippen molar-refractivity contribution in [3.05, 3.63) is 55.9 Å². The molecule has 0 saturated heterocycles. The number of aryl methyl sites for hydroxylation is 1. The van der Waals surface area contributed by atoms with Crippen LogP contribution in [0.1, 0.15) is 20.8 Å². The number of hydrogen-bond acceptors (Lipinski definition) is 2. The zero-order chi connectivity index (χ0) is 11.7. The summed E-state index contributed by atoms with van der Waals surface area (Å²) in [6.07, 6.45) is 0. The molecular formula is C12H8BrFOS. The second-order valence-corrected chi connectivity index (χ2v) is 6.00. The van der Waals surface area contributed by atoms with Crippen LogP contribution in [0.4, 0.5) is 4.39 Å². The van der Waals surface area contributed by atoms with E-state index in [1.165, 1.54) is 23.5 Å². The van der Waals surface area contributed by atoms with E-state index in [0.29, 0.717) is 11.1 Å². The molecule has 0 amide bonds. The maximum atomic E-state index is 13.0. The minimum atomic E-state index is -0.391. The number of ketones is 1. The lowest BCUT2D eigenvalue weighted by molar-refractivity contribution is 0.103. The Balaban J connectivity index is 2.43. The maximum Gasteiger partial charge on any atom is 0.194 e. The molecule has 0 atom stereocenters. The normalized spacial score (nSPS) is 10.4. The molecule has 1 nitrogen and oxygen atoms in total. The topological polar surface area (TPSA) is 17.1 Å². The van der Waals surface area contributed by atoms with Gasteiger partial charge in [0, 0.05) is 16.0 Å². The maximum absolute atomic E-state index is 13.0. The van der Waals surface area contributed by atoms with Crippen LogP contribution >= 0.6 is 27.3 Å². The predicted octanol–water partition coefficient (Wildman–Crippen LogP) is 4.19. The van der Waals surface area contributed by atoms with Crippen LogP contribution in [0.15, 0.2) is 34.1 Å². The third-order valence-corrected chi connectivity index (χ3v) is 3.77. The summed E-state index contributed by atoms with van der Waals surface area (Å²) in [5, 5.41) is 0. The van der Waals surface area contributed by atoms with Crippen LogP contribution in [0, 0.1) is 12.7 Å². The standard InChI is InChI=1S/C12H8BrFOS/c1-7-10(6-11(13)16-7)12(15)8-3-2-4-9(14)5-8/h2-6H,1H3. The lowest BCUT2D eigenvalue weighted by atomic mass is 10.0. The highest BCUT2D eigenvalue weighted by Crippen LogP contribution is 2.28. The van der Waals surface area contributed by atoms with Crippen molar-refractivity contribution in [3.63, 3.8) is 0 Å². The van der Waals surface area contributed by atoms with Crippen molar-refractivity contribution < 1.29 is 9.18 Å². The Bertz CT molecular complexity index is 548. The smallest absolute Gasteiger partial charge is 0.194 e. The summed E-state index contributed by atoms with van der Waals surface area (Å²) in [5.41, 5.74) is 1.01. The highest BCUT2D eigenvalue weighted by Gasteiger charge is 2.14. The quantitative estimate of drug-likeness (QED) is 0.760. The van der Waals surface area contributed by atoms with Gasteiger partial charge in [0.15, 0.2) is 5.78 Å². The number of benzene rings is 1. The summed E-state index contributed by atoms with van der Waals surface area (Å²) < 4.78 is 13.9. The van der Waals surface area contributed by atoms with Crippen LogP contribution in [0.5, 0.6) is 0 Å². The number of thiophene rings is 1. The van der Waals surface area contributed by atoms with Crippen LogP contribution in [-0.4, -0.2) is 5.78 Å². The fourth-order valence-electron chi connectivity index (χ4n) is 1.46. The van der Waals surface area contributed by atoms with Crippen LogP contribution in [0.25, 0.3) is 0 Å². The average molecular weight is 299 g/mol. The van der Waals surface area contributed by atoms with Gasteiger partial charge in [-0.25, -0.2) is 4.39 Å². The summed E-state index contributed by atoms with van der Waals surface area (Å²) in [7, 11) is 0. The number of carbonyl (C=O) groups is 1. The fraction of sp³-hybridized carbons (Fsp3) is 0.0833. The molecule has 0 N–H and O–H groups in total. The van der Waals surface area contributed by atoms with Gasteiger partial charge in [-0.3, -0.25) is 4.79 Å². The Morgan fingerprint density at radius 3 is 2.69 bits per heavy atom. The van der Waals surface area contributed by atoms with Gasteiger partial charge in [0.1, 0.15) is 5.82 Å². The van der Waals surface area contributed by atoms with Crippen molar-refractivity contribution in [3.8, 4) is 0 Å². The first-order valence-corrected chi connectivity index (χ1v) is 6.25. The third kappa shape index (κ3) is 2.23. The Hall–Kier alpha value is -1.00. The molecule has 0 bridgehead atoms. The van der Waals surface area contributed by atoms with Gasteiger partial charge >= 0.3 is 0 Å². The molecule has 16 heavy (non-hydrogen) atoms. The summed E-state index contributed by atoms with van der Waals surface area (Å²) in [4.78, 5) is 13.0. The highest BCUT2D eigenvalue weighted by atomic mass is 79.9. The minimum absolute atomic E-state index is 0.140. The molecule has 2 rings (SSSR count). The lowest BCUT2D eigenvalue weighted by Crippen LogP contribution is -2.01. The number of rotatable bonds is 2. The minimum Gasteiger partial charge on any atom is -0.289 e. The second kappa shape index (κ2) is 4.47. The molecule has 0 saturated carbocycles. The van der Waals surface area contributed by atoms with E-state index in [1.807, 2.05) is 6.92 Å². The second-order valence-electron chi connectivity index (χ2n) is 3.36. The van der Waals surface area contributed by atoms with Gasteiger partial charge in [0.05, 0.1) is 3.79 Å². The molecule has 82 valence electrons. The van der Waals surface area contributed by atoms with Crippen LogP contribution in [0.3, 0.4) is 0 Å². The van der Waals surface area contributed by atoms with Crippen molar-refractivity contribution >= 4 is 33.0 Å². The number of hydrogen-bond donors (Lipinski definition) is 0. The van der Waals surface area contributed by atoms with E-state index in [2.05, 4.69) is 15.9 Å². The average Bonchev–Trinajstić information content (AvgIpc) is 2.57. The van der Waals surface area contributed by atoms with E-state index >= 15 is 0 Å². The molecule has 0 spiro atoms. The Morgan fingerprint density at radius 1 is 1.38 bits per heavy atom. The highest BCUT2D eigenvalue weighted by molar-refractivity contribution is 9.11. The first-order valence-electron chi connectivity index (χ1n) is 4.64. The fourth-order valence-corrected chi connectivity index (χ4v) is 3.14. The molecule has 0 radical (unpaired) electrons. The van der Waals surface area contributed by atoms with Crippen molar-refractivity contribution in [1.82, 2.24) is 0 Å². The van der Waals surface area contributed by atoms with Crippen molar-refractivity contribution in [2.24, 2.45) is 0 Å². The zero-order valence-corrected chi connectivity index (χ0v) is 10.9. The predicted molar refractivity (Wildman–Crippen MR) is 66.6 cm³/mol. The zero-order valence-electron chi connectivity index (χ0n) is 8.46. The first-order chi connectivity index (χ1) is 7.58. The van der Waals surface area contributed by atoms with Gasteiger partial charge in [0.25, 0.3) is 0 Å². The van der Waals surface area contributed by atoms with Gasteiger partial charge < -0.3 is 0 Å². The molecule has 0 fully saturated rings. The molecule has 1 heterocycles. The van der Waals surface area contributed by atoms with E-state index in [0.717, 1.165) is 8.66 Å². The van der Waals surface area contributed by atoms with E-state index in [1.54, 1.807) is 18.2 Å². The summed E-state index contributed by atoms with van der Waals surface area (Å²) in [6, 6.07) is 7.52. The third-order valence-electron chi connectivity index (χ3n) is 2.22. The van der Waals surface area contributed by atoms with Crippen LogP contribution in [-0.2, 0) is 0 Å². The van der Waals surface area contributed by atoms with E-state index < -0.39 is 5.82 Å². The SMILES string of the molecule is Cc1sc(Br)cc1C(=O)c1cccc(F)c1. The van der Waals surface area contributed by atoms with Crippen molar-refractivity contribution in [2.45, 2.75) is 6.92 Å². The van der Waals surface area contributed by atoms with E-state index in [9.17, 15) is 9.18 Å². The molecule has 0 aliphatic heterocycles. The Kier molecular flexibility index (Phi) is 3.21. The van der Waals surface area contributed by atoms with E-state index in [4.69, 9.17) is 0 Å². The molecule has 0 unspecified atom stereocenters. The van der Waals surface area contributed by atoms with Gasteiger partial charge in [-0.1, -0.05) is 12.1 Å². The van der Waals surface area contributed by atoms with Gasteiger partial charge in [0.2, 0.25) is 0 Å². The Morgan fingerprint density at radius 2 is 2.12 bits per heavy atom. The van der Waals surface area contributed by atoms with E-state index in [-0.39, 0.29) is 5.78 Å². The van der Waals surface area contributed by atoms with Gasteiger partial charge in [-0.2, -0.15) is 0 Å². The Labute approximate surface area is 105 Å². The summed E-state index contributed by atoms with van der Waals surface area (Å²) >= 11 is 4.83. The molecular weight excluding hydrogens is 291 g/mol. The molecule has 2 aromatic rings.